The predicted molar refractivity (Wildman–Crippen MR) is 128 cm³/mol. The van der Waals surface area contributed by atoms with Crippen LogP contribution in [0.1, 0.15) is 24.0 Å². The van der Waals surface area contributed by atoms with E-state index in [0.717, 1.165) is 16.7 Å². The van der Waals surface area contributed by atoms with Crippen molar-refractivity contribution >= 4 is 95.9 Å². The number of hydrogen-bond donors (Lipinski definition) is 4. The van der Waals surface area contributed by atoms with Crippen LogP contribution in [0, 0.1) is 14.3 Å². The Morgan fingerprint density at radius 1 is 0.833 bits per heavy atom. The lowest BCUT2D eigenvalue weighted by molar-refractivity contribution is 0.397. The maximum Gasteiger partial charge on any atom is 0.172 e. The fraction of sp³-hybridized carbons (Fsp3) is 0.125. The standard InChI is InChI=1S/C16H12I4O4/c1-5(7-3-9(17)13(21)15(23)11(7)19)6(2)8-4-10(18)14(22)16(24)12(8)20/h3-4,6,21-24H,1H2,2H3. The number of allylic oxidation sites excluding steroid dienone is 1. The molecule has 0 fully saturated rings. The van der Waals surface area contributed by atoms with E-state index in [-0.39, 0.29) is 28.9 Å². The number of hydrogen-bond acceptors (Lipinski definition) is 4. The van der Waals surface area contributed by atoms with Crippen molar-refractivity contribution in [3.63, 3.8) is 0 Å². The molecule has 24 heavy (non-hydrogen) atoms. The molecule has 0 heterocycles. The maximum atomic E-state index is 10.1. The Bertz CT molecular complexity index is 849. The first-order chi connectivity index (χ1) is 11.1. The van der Waals surface area contributed by atoms with E-state index in [1.165, 1.54) is 0 Å². The van der Waals surface area contributed by atoms with Crippen LogP contribution in [0.15, 0.2) is 18.7 Å². The molecular formula is C16H12I4O4. The Labute approximate surface area is 193 Å². The molecule has 0 aliphatic carbocycles. The summed E-state index contributed by atoms with van der Waals surface area (Å²) in [6.07, 6.45) is 0. The average Bonchev–Trinajstić information content (AvgIpc) is 2.56. The van der Waals surface area contributed by atoms with Gasteiger partial charge in [0.25, 0.3) is 0 Å². The Balaban J connectivity index is 2.57. The molecule has 128 valence electrons. The molecule has 2 aromatic carbocycles. The van der Waals surface area contributed by atoms with Gasteiger partial charge in [-0.15, -0.1) is 0 Å². The Hall–Kier alpha value is 0.300. The number of phenolic OH excluding ortho intramolecular Hbond substituents is 4. The second-order valence-electron chi connectivity index (χ2n) is 5.12. The first-order valence-electron chi connectivity index (χ1n) is 6.56. The average molecular weight is 776 g/mol. The second-order valence-corrected chi connectivity index (χ2v) is 9.60. The topological polar surface area (TPSA) is 80.9 Å². The van der Waals surface area contributed by atoms with Gasteiger partial charge >= 0.3 is 0 Å². The fourth-order valence-electron chi connectivity index (χ4n) is 2.19. The van der Waals surface area contributed by atoms with Crippen molar-refractivity contribution in [3.05, 3.63) is 44.1 Å². The largest absolute Gasteiger partial charge is 0.504 e. The first kappa shape index (κ1) is 20.6. The summed E-state index contributed by atoms with van der Waals surface area (Å²) in [6, 6.07) is 3.58. The quantitative estimate of drug-likeness (QED) is 0.237. The Morgan fingerprint density at radius 2 is 1.29 bits per heavy atom. The van der Waals surface area contributed by atoms with Gasteiger partial charge in [0.1, 0.15) is 0 Å². The van der Waals surface area contributed by atoms with E-state index in [1.54, 1.807) is 6.07 Å². The summed E-state index contributed by atoms with van der Waals surface area (Å²) in [5, 5.41) is 39.8. The van der Waals surface area contributed by atoms with Crippen molar-refractivity contribution in [3.8, 4) is 23.0 Å². The third kappa shape index (κ3) is 3.70. The van der Waals surface area contributed by atoms with Crippen molar-refractivity contribution in [1.82, 2.24) is 0 Å². The molecule has 0 aromatic heterocycles. The lowest BCUT2D eigenvalue weighted by Crippen LogP contribution is -2.03. The van der Waals surface area contributed by atoms with Crippen LogP contribution in [-0.2, 0) is 0 Å². The van der Waals surface area contributed by atoms with Crippen LogP contribution in [0.4, 0.5) is 0 Å². The normalized spacial score (nSPS) is 12.2. The van der Waals surface area contributed by atoms with Crippen molar-refractivity contribution in [2.24, 2.45) is 0 Å². The van der Waals surface area contributed by atoms with E-state index in [2.05, 4.69) is 6.58 Å². The molecule has 1 unspecified atom stereocenters. The summed E-state index contributed by atoms with van der Waals surface area (Å²) >= 11 is 7.89. The van der Waals surface area contributed by atoms with Crippen LogP contribution in [0.25, 0.3) is 5.57 Å². The monoisotopic (exact) mass is 776 g/mol. The van der Waals surface area contributed by atoms with Gasteiger partial charge in [0, 0.05) is 5.92 Å². The van der Waals surface area contributed by atoms with E-state index >= 15 is 0 Å². The van der Waals surface area contributed by atoms with E-state index < -0.39 is 0 Å². The third-order valence-corrected chi connectivity index (χ3v) is 7.57. The van der Waals surface area contributed by atoms with Crippen molar-refractivity contribution in [2.45, 2.75) is 12.8 Å². The summed E-state index contributed by atoms with van der Waals surface area (Å²) in [5.74, 6) is -0.743. The fourth-order valence-corrected chi connectivity index (χ4v) is 4.99. The van der Waals surface area contributed by atoms with E-state index in [4.69, 9.17) is 0 Å². The van der Waals surface area contributed by atoms with E-state index in [9.17, 15) is 20.4 Å². The van der Waals surface area contributed by atoms with Gasteiger partial charge in [-0.1, -0.05) is 13.5 Å². The van der Waals surface area contributed by atoms with Crippen LogP contribution < -0.4 is 0 Å². The van der Waals surface area contributed by atoms with Crippen LogP contribution in [0.2, 0.25) is 0 Å². The summed E-state index contributed by atoms with van der Waals surface area (Å²) in [5.41, 5.74) is 2.31. The number of phenols is 4. The molecule has 2 rings (SSSR count). The molecule has 0 aliphatic rings. The van der Waals surface area contributed by atoms with Crippen LogP contribution >= 0.6 is 90.4 Å². The van der Waals surface area contributed by atoms with Gasteiger partial charge in [0.15, 0.2) is 23.0 Å². The molecule has 4 nitrogen and oxygen atoms in total. The number of halogens is 4. The van der Waals surface area contributed by atoms with E-state index in [0.29, 0.717) is 14.3 Å². The highest BCUT2D eigenvalue weighted by molar-refractivity contribution is 14.1. The Kier molecular flexibility index (Phi) is 6.78. The predicted octanol–water partition coefficient (Wildman–Crippen LogP) is 5.74. The highest BCUT2D eigenvalue weighted by Crippen LogP contribution is 2.45. The molecule has 4 N–H and O–H groups in total. The van der Waals surface area contributed by atoms with Gasteiger partial charge in [-0.05, 0) is 119 Å². The van der Waals surface area contributed by atoms with Crippen molar-refractivity contribution in [1.29, 1.82) is 0 Å². The maximum absolute atomic E-state index is 10.1. The zero-order valence-corrected chi connectivity index (χ0v) is 20.9. The summed E-state index contributed by atoms with van der Waals surface area (Å²) in [4.78, 5) is 0. The summed E-state index contributed by atoms with van der Waals surface area (Å²) in [6.45, 7) is 6.09. The lowest BCUT2D eigenvalue weighted by Gasteiger charge is -2.21. The third-order valence-electron chi connectivity index (χ3n) is 3.70. The molecule has 0 spiro atoms. The second kappa shape index (κ2) is 7.90. The zero-order chi connectivity index (χ0) is 18.3. The van der Waals surface area contributed by atoms with Gasteiger partial charge in [-0.2, -0.15) is 0 Å². The SMILES string of the molecule is C=C(c1cc(I)c(O)c(O)c1I)C(C)c1cc(I)c(O)c(O)c1I. The minimum Gasteiger partial charge on any atom is -0.504 e. The minimum absolute atomic E-state index is 0.132. The first-order valence-corrected chi connectivity index (χ1v) is 10.9. The molecule has 1 atom stereocenters. The highest BCUT2D eigenvalue weighted by Gasteiger charge is 2.23. The van der Waals surface area contributed by atoms with E-state index in [1.807, 2.05) is 103 Å². The summed E-state index contributed by atoms with van der Waals surface area (Å²) in [7, 11) is 0. The molecule has 8 heteroatoms. The molecular weight excluding hydrogens is 764 g/mol. The van der Waals surface area contributed by atoms with Gasteiger partial charge in [0.05, 0.1) is 14.3 Å². The lowest BCUT2D eigenvalue weighted by atomic mass is 9.89. The number of aromatic hydroxyl groups is 4. The van der Waals surface area contributed by atoms with Crippen molar-refractivity contribution in [2.75, 3.05) is 0 Å². The molecule has 0 bridgehead atoms. The van der Waals surface area contributed by atoms with Gasteiger partial charge in [-0.25, -0.2) is 0 Å². The minimum atomic E-state index is -0.163. The van der Waals surface area contributed by atoms with Crippen molar-refractivity contribution < 1.29 is 20.4 Å². The highest BCUT2D eigenvalue weighted by atomic mass is 127. The van der Waals surface area contributed by atoms with Crippen LogP contribution in [0.3, 0.4) is 0 Å². The molecule has 0 saturated carbocycles. The molecule has 0 amide bonds. The van der Waals surface area contributed by atoms with Gasteiger partial charge in [-0.3, -0.25) is 0 Å². The smallest absolute Gasteiger partial charge is 0.172 e. The zero-order valence-electron chi connectivity index (χ0n) is 12.2. The number of benzene rings is 2. The molecule has 2 aromatic rings. The van der Waals surface area contributed by atoms with Gasteiger partial charge in [0.2, 0.25) is 0 Å². The molecule has 0 saturated heterocycles. The van der Waals surface area contributed by atoms with Crippen LogP contribution in [-0.4, -0.2) is 20.4 Å². The molecule has 0 aliphatic heterocycles. The van der Waals surface area contributed by atoms with Gasteiger partial charge < -0.3 is 20.4 Å². The Morgan fingerprint density at radius 3 is 1.83 bits per heavy atom. The molecule has 0 radical (unpaired) electrons. The summed E-state index contributed by atoms with van der Waals surface area (Å²) < 4.78 is 2.17. The number of rotatable bonds is 3. The van der Waals surface area contributed by atoms with Crippen LogP contribution in [0.5, 0.6) is 23.0 Å².